The molecule has 0 spiro atoms. The van der Waals surface area contributed by atoms with Gasteiger partial charge >= 0.3 is 0 Å². The Hall–Kier alpha value is -2.25. The van der Waals surface area contributed by atoms with E-state index in [1.165, 1.54) is 0 Å². The Kier molecular flexibility index (Phi) is 3.82. The van der Waals surface area contributed by atoms with Crippen molar-refractivity contribution in [1.29, 1.82) is 0 Å². The predicted octanol–water partition coefficient (Wildman–Crippen LogP) is 2.05. The van der Waals surface area contributed by atoms with Gasteiger partial charge in [-0.25, -0.2) is 4.98 Å². The van der Waals surface area contributed by atoms with Gasteiger partial charge in [0.2, 0.25) is 0 Å². The van der Waals surface area contributed by atoms with Crippen molar-refractivity contribution in [3.05, 3.63) is 34.8 Å². The Morgan fingerprint density at radius 3 is 2.83 bits per heavy atom. The number of carbonyl (C=O) groups is 1. The summed E-state index contributed by atoms with van der Waals surface area (Å²) < 4.78 is 1.76. The number of aryl methyl sites for hydroxylation is 2. The molecule has 4 heterocycles. The van der Waals surface area contributed by atoms with Gasteiger partial charge in [0, 0.05) is 33.2 Å². The van der Waals surface area contributed by atoms with Gasteiger partial charge in [0.25, 0.3) is 5.91 Å². The molecule has 0 radical (unpaired) electrons. The molecule has 0 atom stereocenters. The van der Waals surface area contributed by atoms with Crippen molar-refractivity contribution in [2.24, 2.45) is 7.05 Å². The topological polar surface area (TPSA) is 63.1 Å². The molecule has 1 fully saturated rings. The molecule has 4 rings (SSSR count). The molecular weight excluding hydrogens is 322 g/mol. The van der Waals surface area contributed by atoms with Crippen LogP contribution in [0.5, 0.6) is 0 Å². The minimum Gasteiger partial charge on any atom is -0.336 e. The second-order valence-electron chi connectivity index (χ2n) is 5.98. The average molecular weight is 341 g/mol. The molecule has 1 N–H and O–H groups in total. The molecule has 1 amide bonds. The summed E-state index contributed by atoms with van der Waals surface area (Å²) in [5.41, 5.74) is 3.14. The summed E-state index contributed by atoms with van der Waals surface area (Å²) in [4.78, 5) is 20.9. The van der Waals surface area contributed by atoms with Gasteiger partial charge in [-0.3, -0.25) is 9.48 Å². The van der Waals surface area contributed by atoms with E-state index in [9.17, 15) is 4.79 Å². The van der Waals surface area contributed by atoms with Crippen LogP contribution in [0.4, 0.5) is 0 Å². The van der Waals surface area contributed by atoms with Gasteiger partial charge < -0.3 is 10.2 Å². The average Bonchev–Trinajstić information content (AvgIpc) is 3.23. The van der Waals surface area contributed by atoms with Crippen LogP contribution in [-0.2, 0) is 7.05 Å². The molecule has 7 heteroatoms. The molecule has 6 nitrogen and oxygen atoms in total. The van der Waals surface area contributed by atoms with Crippen LogP contribution in [-0.4, -0.2) is 51.8 Å². The van der Waals surface area contributed by atoms with Crippen LogP contribution in [0, 0.1) is 6.92 Å². The Labute approximate surface area is 144 Å². The fraction of sp³-hybridized carbons (Fsp3) is 0.353. The third-order valence-corrected chi connectivity index (χ3v) is 5.27. The van der Waals surface area contributed by atoms with E-state index in [-0.39, 0.29) is 5.91 Å². The van der Waals surface area contributed by atoms with Crippen LogP contribution in [0.3, 0.4) is 0 Å². The maximum absolute atomic E-state index is 13.1. The summed E-state index contributed by atoms with van der Waals surface area (Å²) >= 11 is 1.63. The number of rotatable bonds is 2. The zero-order valence-electron chi connectivity index (χ0n) is 13.7. The van der Waals surface area contributed by atoms with Crippen molar-refractivity contribution in [2.45, 2.75) is 6.92 Å². The Morgan fingerprint density at radius 2 is 2.12 bits per heavy atom. The second-order valence-corrected chi connectivity index (χ2v) is 6.93. The number of nitrogens with zero attached hydrogens (tertiary/aromatic N) is 4. The van der Waals surface area contributed by atoms with Gasteiger partial charge in [0.05, 0.1) is 27.2 Å². The third kappa shape index (κ3) is 2.50. The van der Waals surface area contributed by atoms with Gasteiger partial charge in [-0.05, 0) is 24.4 Å². The number of pyridine rings is 1. The predicted molar refractivity (Wildman–Crippen MR) is 95.3 cm³/mol. The monoisotopic (exact) mass is 341 g/mol. The highest BCUT2D eigenvalue weighted by Crippen LogP contribution is 2.30. The number of hydrogen-bond acceptors (Lipinski definition) is 5. The Balaban J connectivity index is 1.90. The molecule has 124 valence electrons. The van der Waals surface area contributed by atoms with E-state index in [0.29, 0.717) is 5.56 Å². The lowest BCUT2D eigenvalue weighted by molar-refractivity contribution is 0.0737. The number of piperazine rings is 1. The first-order chi connectivity index (χ1) is 11.6. The second kappa shape index (κ2) is 5.99. The van der Waals surface area contributed by atoms with E-state index >= 15 is 0 Å². The standard InChI is InChI=1S/C17H19N5OS/c1-11-15-12(17(23)22-7-5-18-6-8-22)10-13(14-4-3-9-24-14)19-16(15)21(2)20-11/h3-4,9-10,18H,5-8H2,1-2H3. The van der Waals surface area contributed by atoms with Crippen LogP contribution in [0.15, 0.2) is 23.6 Å². The number of aromatic nitrogens is 3. The highest BCUT2D eigenvalue weighted by molar-refractivity contribution is 7.13. The lowest BCUT2D eigenvalue weighted by Gasteiger charge is -2.27. The van der Waals surface area contributed by atoms with Crippen molar-refractivity contribution in [1.82, 2.24) is 25.0 Å². The van der Waals surface area contributed by atoms with E-state index in [1.54, 1.807) is 16.0 Å². The lowest BCUT2D eigenvalue weighted by atomic mass is 10.1. The molecule has 3 aromatic rings. The summed E-state index contributed by atoms with van der Waals surface area (Å²) in [5, 5.41) is 10.6. The van der Waals surface area contributed by atoms with E-state index in [2.05, 4.69) is 10.4 Å². The van der Waals surface area contributed by atoms with Gasteiger partial charge in [-0.1, -0.05) is 6.07 Å². The first-order valence-corrected chi connectivity index (χ1v) is 8.91. The highest BCUT2D eigenvalue weighted by Gasteiger charge is 2.24. The van der Waals surface area contributed by atoms with E-state index < -0.39 is 0 Å². The zero-order valence-corrected chi connectivity index (χ0v) is 14.6. The smallest absolute Gasteiger partial charge is 0.254 e. The summed E-state index contributed by atoms with van der Waals surface area (Å²) in [6.07, 6.45) is 0. The number of carbonyl (C=O) groups excluding carboxylic acids is 1. The number of amides is 1. The summed E-state index contributed by atoms with van der Waals surface area (Å²) in [7, 11) is 1.87. The third-order valence-electron chi connectivity index (χ3n) is 4.38. The van der Waals surface area contributed by atoms with Gasteiger partial charge in [-0.2, -0.15) is 5.10 Å². The van der Waals surface area contributed by atoms with Crippen LogP contribution in [0.25, 0.3) is 21.6 Å². The molecule has 0 unspecified atom stereocenters. The van der Waals surface area contributed by atoms with Crippen molar-refractivity contribution in [3.63, 3.8) is 0 Å². The van der Waals surface area contributed by atoms with Crippen molar-refractivity contribution >= 4 is 28.3 Å². The molecule has 3 aromatic heterocycles. The maximum Gasteiger partial charge on any atom is 0.254 e. The van der Waals surface area contributed by atoms with Crippen LogP contribution >= 0.6 is 11.3 Å². The van der Waals surface area contributed by atoms with E-state index in [4.69, 9.17) is 4.98 Å². The first kappa shape index (κ1) is 15.3. The minimum absolute atomic E-state index is 0.0674. The molecule has 0 aromatic carbocycles. The maximum atomic E-state index is 13.1. The normalized spacial score (nSPS) is 15.2. The molecule has 0 bridgehead atoms. The number of nitrogens with one attached hydrogen (secondary N) is 1. The molecular formula is C17H19N5OS. The molecule has 0 aliphatic carbocycles. The van der Waals surface area contributed by atoms with Gasteiger partial charge in [0.15, 0.2) is 5.65 Å². The lowest BCUT2D eigenvalue weighted by Crippen LogP contribution is -2.46. The highest BCUT2D eigenvalue weighted by atomic mass is 32.1. The number of fused-ring (bicyclic) bond motifs is 1. The number of thiophene rings is 1. The van der Waals surface area contributed by atoms with Crippen LogP contribution in [0.2, 0.25) is 0 Å². The number of hydrogen-bond donors (Lipinski definition) is 1. The Morgan fingerprint density at radius 1 is 1.33 bits per heavy atom. The quantitative estimate of drug-likeness (QED) is 0.775. The fourth-order valence-electron chi connectivity index (χ4n) is 3.20. The zero-order chi connectivity index (χ0) is 16.7. The van der Waals surface area contributed by atoms with Crippen molar-refractivity contribution in [2.75, 3.05) is 26.2 Å². The van der Waals surface area contributed by atoms with Crippen LogP contribution in [0.1, 0.15) is 16.1 Å². The van der Waals surface area contributed by atoms with E-state index in [0.717, 1.165) is 53.5 Å². The molecule has 1 saturated heterocycles. The summed E-state index contributed by atoms with van der Waals surface area (Å²) in [5.74, 6) is 0.0674. The van der Waals surface area contributed by atoms with Crippen molar-refractivity contribution < 1.29 is 4.79 Å². The molecule has 1 aliphatic heterocycles. The van der Waals surface area contributed by atoms with E-state index in [1.807, 2.05) is 42.5 Å². The van der Waals surface area contributed by atoms with Crippen molar-refractivity contribution in [3.8, 4) is 10.6 Å². The largest absolute Gasteiger partial charge is 0.336 e. The molecule has 1 aliphatic rings. The van der Waals surface area contributed by atoms with Crippen LogP contribution < -0.4 is 5.32 Å². The summed E-state index contributed by atoms with van der Waals surface area (Å²) in [6, 6.07) is 5.95. The van der Waals surface area contributed by atoms with Gasteiger partial charge in [0.1, 0.15) is 0 Å². The SMILES string of the molecule is Cc1nn(C)c2nc(-c3cccs3)cc(C(=O)N3CCNCC3)c12. The minimum atomic E-state index is 0.0674. The fourth-order valence-corrected chi connectivity index (χ4v) is 3.89. The van der Waals surface area contributed by atoms with Gasteiger partial charge in [-0.15, -0.1) is 11.3 Å². The Bertz CT molecular complexity index is 893. The molecule has 0 saturated carbocycles. The molecule has 24 heavy (non-hydrogen) atoms. The first-order valence-electron chi connectivity index (χ1n) is 8.03. The summed E-state index contributed by atoms with van der Waals surface area (Å²) in [6.45, 7) is 5.07.